The van der Waals surface area contributed by atoms with Crippen LogP contribution in [0.25, 0.3) is 0 Å². The number of hydrogen-bond donors (Lipinski definition) is 1. The highest BCUT2D eigenvalue weighted by Gasteiger charge is 2.39. The summed E-state index contributed by atoms with van der Waals surface area (Å²) in [6.07, 6.45) is 6.47. The normalized spacial score (nSPS) is 11.0. The molecule has 1 N–H and O–H groups in total. The zero-order valence-electron chi connectivity index (χ0n) is 12.6. The number of aliphatic hydroxyl groups excluding tert-OH is 1. The first-order valence-corrected chi connectivity index (χ1v) is 8.93. The second kappa shape index (κ2) is 8.83. The fourth-order valence-electron chi connectivity index (χ4n) is 2.11. The van der Waals surface area contributed by atoms with Crippen LogP contribution in [0.5, 0.6) is 0 Å². The van der Waals surface area contributed by atoms with Gasteiger partial charge in [0.25, 0.3) is 0 Å². The van der Waals surface area contributed by atoms with Gasteiger partial charge in [-0.3, -0.25) is 4.79 Å². The van der Waals surface area contributed by atoms with E-state index in [1.807, 2.05) is 60.7 Å². The Hall–Kier alpha value is -1.67. The molecule has 0 spiro atoms. The average Bonchev–Trinajstić information content (AvgIpc) is 2.60. The number of carbonyl (C=O) groups is 1. The molecule has 0 aliphatic heterocycles. The van der Waals surface area contributed by atoms with Crippen LogP contribution in [0.1, 0.15) is 12.8 Å². The van der Waals surface area contributed by atoms with Crippen LogP contribution in [0.4, 0.5) is 0 Å². The predicted octanol–water partition coefficient (Wildman–Crippen LogP) is 4.24. The molecular weight excluding hydrogens is 324 g/mol. The summed E-state index contributed by atoms with van der Waals surface area (Å²) in [5, 5.41) is 9.23. The highest BCUT2D eigenvalue weighted by molar-refractivity contribution is 8.19. The minimum Gasteiger partial charge on any atom is -0.396 e. The molecule has 118 valence electrons. The molecule has 0 atom stereocenters. The van der Waals surface area contributed by atoms with Gasteiger partial charge in [-0.05, 0) is 43.0 Å². The Labute approximate surface area is 145 Å². The number of ketones is 1. The summed E-state index contributed by atoms with van der Waals surface area (Å²) in [5.41, 5.74) is 0. The van der Waals surface area contributed by atoms with Crippen LogP contribution >= 0.6 is 23.5 Å². The van der Waals surface area contributed by atoms with Crippen LogP contribution in [0.3, 0.4) is 0 Å². The van der Waals surface area contributed by atoms with Crippen LogP contribution in [0.15, 0.2) is 70.5 Å². The third kappa shape index (κ3) is 4.90. The van der Waals surface area contributed by atoms with E-state index >= 15 is 0 Å². The van der Waals surface area contributed by atoms with Crippen LogP contribution in [-0.4, -0.2) is 21.6 Å². The fraction of sp³-hybridized carbons (Fsp3) is 0.211. The highest BCUT2D eigenvalue weighted by Crippen LogP contribution is 2.49. The average molecular weight is 342 g/mol. The van der Waals surface area contributed by atoms with E-state index in [9.17, 15) is 9.90 Å². The van der Waals surface area contributed by atoms with Crippen molar-refractivity contribution in [2.24, 2.45) is 0 Å². The minimum atomic E-state index is -0.833. The summed E-state index contributed by atoms with van der Waals surface area (Å²) in [6, 6.07) is 19.5. The van der Waals surface area contributed by atoms with Gasteiger partial charge >= 0.3 is 0 Å². The number of benzene rings is 2. The quantitative estimate of drug-likeness (QED) is 0.337. The summed E-state index contributed by atoms with van der Waals surface area (Å²) in [4.78, 5) is 14.6. The SMILES string of the molecule is C#CC(=O)C(CCCO)(Sc1ccccc1)Sc1ccccc1. The number of carbonyl (C=O) groups excluding carboxylic acids is 1. The van der Waals surface area contributed by atoms with Gasteiger partial charge in [0.15, 0.2) is 0 Å². The van der Waals surface area contributed by atoms with Gasteiger partial charge in [0, 0.05) is 16.4 Å². The molecule has 0 aromatic heterocycles. The highest BCUT2D eigenvalue weighted by atomic mass is 32.2. The lowest BCUT2D eigenvalue weighted by atomic mass is 10.1. The molecule has 2 nitrogen and oxygen atoms in total. The van der Waals surface area contributed by atoms with Crippen molar-refractivity contribution in [2.45, 2.75) is 26.7 Å². The Morgan fingerprint density at radius 2 is 1.48 bits per heavy atom. The molecule has 2 aromatic rings. The summed E-state index contributed by atoms with van der Waals surface area (Å²) < 4.78 is -0.833. The van der Waals surface area contributed by atoms with E-state index in [2.05, 4.69) is 5.92 Å². The molecule has 0 bridgehead atoms. The molecule has 0 heterocycles. The Morgan fingerprint density at radius 1 is 1.00 bits per heavy atom. The van der Waals surface area contributed by atoms with Crippen molar-refractivity contribution in [1.82, 2.24) is 0 Å². The van der Waals surface area contributed by atoms with Crippen molar-refractivity contribution in [1.29, 1.82) is 0 Å². The number of hydrogen-bond acceptors (Lipinski definition) is 4. The smallest absolute Gasteiger partial charge is 0.231 e. The maximum absolute atomic E-state index is 12.6. The molecule has 0 unspecified atom stereocenters. The second-order valence-electron chi connectivity index (χ2n) is 4.88. The molecule has 0 aliphatic carbocycles. The molecule has 0 saturated heterocycles. The van der Waals surface area contributed by atoms with Gasteiger partial charge in [0.2, 0.25) is 5.78 Å². The second-order valence-corrected chi connectivity index (χ2v) is 7.89. The monoisotopic (exact) mass is 342 g/mol. The van der Waals surface area contributed by atoms with Crippen molar-refractivity contribution < 1.29 is 9.90 Å². The molecule has 23 heavy (non-hydrogen) atoms. The van der Waals surface area contributed by atoms with Crippen LogP contribution in [0.2, 0.25) is 0 Å². The third-order valence-corrected chi connectivity index (χ3v) is 6.15. The number of aliphatic hydroxyl groups is 1. The van der Waals surface area contributed by atoms with Crippen LogP contribution in [-0.2, 0) is 4.79 Å². The van der Waals surface area contributed by atoms with Crippen molar-refractivity contribution in [3.05, 3.63) is 60.7 Å². The number of thioether (sulfide) groups is 2. The van der Waals surface area contributed by atoms with E-state index < -0.39 is 4.08 Å². The van der Waals surface area contributed by atoms with E-state index in [-0.39, 0.29) is 12.4 Å². The lowest BCUT2D eigenvalue weighted by Crippen LogP contribution is -2.31. The van der Waals surface area contributed by atoms with E-state index in [1.54, 1.807) is 0 Å². The minimum absolute atomic E-state index is 0.0320. The molecule has 2 aromatic carbocycles. The van der Waals surface area contributed by atoms with E-state index in [0.717, 1.165) is 9.79 Å². The molecule has 0 amide bonds. The zero-order chi connectivity index (χ0) is 16.5. The van der Waals surface area contributed by atoms with E-state index in [4.69, 9.17) is 6.42 Å². The Balaban J connectivity index is 2.37. The van der Waals surface area contributed by atoms with Crippen molar-refractivity contribution in [3.8, 4) is 12.3 Å². The summed E-state index contributed by atoms with van der Waals surface area (Å²) in [7, 11) is 0. The maximum atomic E-state index is 12.6. The summed E-state index contributed by atoms with van der Waals surface area (Å²) in [6.45, 7) is 0.0320. The van der Waals surface area contributed by atoms with E-state index in [1.165, 1.54) is 23.5 Å². The first kappa shape index (κ1) is 17.7. The zero-order valence-corrected chi connectivity index (χ0v) is 14.3. The van der Waals surface area contributed by atoms with Gasteiger partial charge in [-0.25, -0.2) is 0 Å². The molecule has 4 heteroatoms. The van der Waals surface area contributed by atoms with Crippen molar-refractivity contribution in [3.63, 3.8) is 0 Å². The van der Waals surface area contributed by atoms with Crippen LogP contribution in [0, 0.1) is 12.3 Å². The van der Waals surface area contributed by atoms with Gasteiger partial charge in [-0.2, -0.15) is 0 Å². The maximum Gasteiger partial charge on any atom is 0.231 e. The standard InChI is InChI=1S/C19H18O2S2/c1-2-18(21)19(14-9-15-20,22-16-10-5-3-6-11-16)23-17-12-7-4-8-13-17/h1,3-8,10-13,20H,9,14-15H2. The van der Waals surface area contributed by atoms with Gasteiger partial charge in [-0.1, -0.05) is 59.9 Å². The lowest BCUT2D eigenvalue weighted by Gasteiger charge is -2.29. The van der Waals surface area contributed by atoms with Crippen molar-refractivity contribution >= 4 is 29.3 Å². The number of Topliss-reactive ketones (excluding diaryl/α,β-unsaturated/α-hetero) is 1. The topological polar surface area (TPSA) is 37.3 Å². The first-order valence-electron chi connectivity index (χ1n) is 7.30. The van der Waals surface area contributed by atoms with E-state index in [0.29, 0.717) is 12.8 Å². The third-order valence-electron chi connectivity index (χ3n) is 3.19. The molecule has 0 radical (unpaired) electrons. The lowest BCUT2D eigenvalue weighted by molar-refractivity contribution is -0.114. The van der Waals surface area contributed by atoms with Gasteiger partial charge in [0.05, 0.1) is 0 Å². The first-order chi connectivity index (χ1) is 11.2. The summed E-state index contributed by atoms with van der Waals surface area (Å²) in [5.74, 6) is 2.04. The number of terminal acetylenes is 1. The Morgan fingerprint density at radius 3 is 1.87 bits per heavy atom. The van der Waals surface area contributed by atoms with Crippen LogP contribution < -0.4 is 0 Å². The predicted molar refractivity (Wildman–Crippen MR) is 97.5 cm³/mol. The molecule has 0 saturated carbocycles. The fourth-order valence-corrected chi connectivity index (χ4v) is 5.00. The Bertz CT molecular complexity index is 621. The van der Waals surface area contributed by atoms with Gasteiger partial charge in [0.1, 0.15) is 4.08 Å². The molecule has 0 fully saturated rings. The largest absolute Gasteiger partial charge is 0.396 e. The molecular formula is C19H18O2S2. The molecule has 2 rings (SSSR count). The van der Waals surface area contributed by atoms with Crippen molar-refractivity contribution in [2.75, 3.05) is 6.61 Å². The molecule has 0 aliphatic rings. The number of rotatable bonds is 8. The Kier molecular flexibility index (Phi) is 6.79. The summed E-state index contributed by atoms with van der Waals surface area (Å²) >= 11 is 2.93. The van der Waals surface area contributed by atoms with Gasteiger partial charge in [-0.15, -0.1) is 6.42 Å². The van der Waals surface area contributed by atoms with Gasteiger partial charge < -0.3 is 5.11 Å².